The lowest BCUT2D eigenvalue weighted by Gasteiger charge is -2.50. The fraction of sp³-hybridized carbons (Fsp3) is 0.455. The van der Waals surface area contributed by atoms with Gasteiger partial charge in [0.15, 0.2) is 9.75 Å². The molecule has 0 radical (unpaired) electrons. The Kier molecular flexibility index (Phi) is 6.76. The third-order valence-electron chi connectivity index (χ3n) is 10.5. The standard InChI is InChI=1S/C33H33Cl2N3O5/c1-36-30(42)32(34)17-24-21(27(33(32,35)31(36)43)22-9-5-6-10-25(22)39)11-12-23-26(24)29(41)38(28(23)40)20-13-15-37(16-14-20)18-19-7-3-2-4-8-19/h2-11,20,23-24,26-27,39H,12-18H2,1H3. The van der Waals surface area contributed by atoms with E-state index in [4.69, 9.17) is 23.2 Å². The van der Waals surface area contributed by atoms with Crippen LogP contribution in [0.4, 0.5) is 0 Å². The molecule has 4 fully saturated rings. The first-order valence-electron chi connectivity index (χ1n) is 14.9. The first-order valence-corrected chi connectivity index (χ1v) is 15.6. The van der Waals surface area contributed by atoms with Gasteiger partial charge in [0, 0.05) is 44.2 Å². The minimum absolute atomic E-state index is 0.0492. The van der Waals surface area contributed by atoms with Crippen molar-refractivity contribution in [3.8, 4) is 5.75 Å². The van der Waals surface area contributed by atoms with Crippen molar-refractivity contribution >= 4 is 46.8 Å². The van der Waals surface area contributed by atoms with Crippen LogP contribution in [0.2, 0.25) is 0 Å². The number of halogens is 2. The van der Waals surface area contributed by atoms with Gasteiger partial charge in [-0.05, 0) is 43.2 Å². The van der Waals surface area contributed by atoms with Crippen LogP contribution in [-0.2, 0) is 25.7 Å². The Balaban J connectivity index is 1.20. The molecule has 2 aliphatic carbocycles. The number of rotatable bonds is 4. The quantitative estimate of drug-likeness (QED) is 0.314. The number of fused-ring (bicyclic) bond motifs is 4. The van der Waals surface area contributed by atoms with Crippen molar-refractivity contribution < 1.29 is 24.3 Å². The molecule has 2 aromatic rings. The van der Waals surface area contributed by atoms with E-state index in [0.717, 1.165) is 24.5 Å². The maximum absolute atomic E-state index is 14.3. The number of likely N-dealkylation sites (tertiary alicyclic amines) is 3. The van der Waals surface area contributed by atoms with Crippen molar-refractivity contribution in [2.24, 2.45) is 17.8 Å². The van der Waals surface area contributed by atoms with Crippen LogP contribution < -0.4 is 0 Å². The number of nitrogens with zero attached hydrogens (tertiary/aromatic N) is 3. The zero-order chi connectivity index (χ0) is 30.3. The number of hydrogen-bond acceptors (Lipinski definition) is 6. The van der Waals surface area contributed by atoms with E-state index in [1.807, 2.05) is 24.3 Å². The van der Waals surface area contributed by atoms with Crippen LogP contribution in [0, 0.1) is 17.8 Å². The predicted molar refractivity (Wildman–Crippen MR) is 160 cm³/mol. The molecule has 3 saturated heterocycles. The summed E-state index contributed by atoms with van der Waals surface area (Å²) in [6, 6.07) is 16.6. The van der Waals surface area contributed by atoms with Gasteiger partial charge >= 0.3 is 0 Å². The van der Waals surface area contributed by atoms with E-state index >= 15 is 0 Å². The molecule has 0 aromatic heterocycles. The number of phenols is 1. The lowest BCUT2D eigenvalue weighted by Crippen LogP contribution is -2.60. The number of piperidine rings is 1. The molecule has 5 aliphatic rings. The normalized spacial score (nSPS) is 34.7. The summed E-state index contributed by atoms with van der Waals surface area (Å²) in [5.74, 6) is -4.59. The van der Waals surface area contributed by atoms with Crippen LogP contribution in [0.1, 0.15) is 42.7 Å². The van der Waals surface area contributed by atoms with E-state index in [-0.39, 0.29) is 30.0 Å². The SMILES string of the molecule is CN1C(=O)C2(Cl)CC3C(=CCC4C(=O)N(C5CCN(Cc6ccccc6)CC5)C(=O)C43)C(c3ccccc3O)C2(Cl)C1=O. The molecule has 6 atom stereocenters. The van der Waals surface area contributed by atoms with Gasteiger partial charge in [0.1, 0.15) is 5.75 Å². The largest absolute Gasteiger partial charge is 0.508 e. The third-order valence-corrected chi connectivity index (χ3v) is 11.9. The Hall–Kier alpha value is -3.20. The number of phenolic OH excluding ortho intramolecular Hbond substituents is 1. The van der Waals surface area contributed by atoms with Gasteiger partial charge < -0.3 is 5.11 Å². The Labute approximate surface area is 260 Å². The fourth-order valence-electron chi connectivity index (χ4n) is 8.38. The van der Waals surface area contributed by atoms with Crippen LogP contribution >= 0.6 is 23.2 Å². The molecule has 1 N–H and O–H groups in total. The minimum atomic E-state index is -1.90. The lowest BCUT2D eigenvalue weighted by molar-refractivity contribution is -0.144. The van der Waals surface area contributed by atoms with Gasteiger partial charge in [0.2, 0.25) is 11.8 Å². The van der Waals surface area contributed by atoms with Crippen molar-refractivity contribution in [3.05, 3.63) is 77.4 Å². The highest BCUT2D eigenvalue weighted by atomic mass is 35.5. The van der Waals surface area contributed by atoms with Crippen LogP contribution in [0.3, 0.4) is 0 Å². The zero-order valence-corrected chi connectivity index (χ0v) is 25.3. The number of allylic oxidation sites excluding steroid dienone is 2. The average Bonchev–Trinajstić information content (AvgIpc) is 3.33. The maximum atomic E-state index is 14.3. The van der Waals surface area contributed by atoms with E-state index in [9.17, 15) is 24.3 Å². The summed E-state index contributed by atoms with van der Waals surface area (Å²) in [5, 5.41) is 10.9. The molecule has 2 aromatic carbocycles. The Morgan fingerprint density at radius 1 is 0.884 bits per heavy atom. The summed E-state index contributed by atoms with van der Waals surface area (Å²) in [6.45, 7) is 2.37. The second kappa shape index (κ2) is 10.2. The van der Waals surface area contributed by atoms with Gasteiger partial charge in [0.25, 0.3) is 11.8 Å². The van der Waals surface area contributed by atoms with Gasteiger partial charge in [0.05, 0.1) is 11.8 Å². The van der Waals surface area contributed by atoms with Gasteiger partial charge in [-0.2, -0.15) is 0 Å². The van der Waals surface area contributed by atoms with E-state index in [2.05, 4.69) is 17.0 Å². The Morgan fingerprint density at radius 3 is 2.26 bits per heavy atom. The molecule has 3 aliphatic heterocycles. The molecule has 224 valence electrons. The number of benzene rings is 2. The van der Waals surface area contributed by atoms with Crippen molar-refractivity contribution in [1.29, 1.82) is 0 Å². The first kappa shape index (κ1) is 28.6. The summed E-state index contributed by atoms with van der Waals surface area (Å²) >= 11 is 14.4. The molecule has 3 heterocycles. The fourth-order valence-corrected chi connectivity index (χ4v) is 9.39. The second-order valence-electron chi connectivity index (χ2n) is 12.6. The number of carbonyl (C=O) groups is 4. The number of alkyl halides is 2. The van der Waals surface area contributed by atoms with E-state index in [1.165, 1.54) is 23.6 Å². The molecule has 7 rings (SSSR count). The molecule has 0 bridgehead atoms. The van der Waals surface area contributed by atoms with Gasteiger partial charge in [-0.15, -0.1) is 23.2 Å². The highest BCUT2D eigenvalue weighted by molar-refractivity contribution is 6.53. The summed E-state index contributed by atoms with van der Waals surface area (Å²) in [7, 11) is 1.36. The third kappa shape index (κ3) is 3.99. The monoisotopic (exact) mass is 621 g/mol. The molecular weight excluding hydrogens is 589 g/mol. The number of carbonyl (C=O) groups excluding carboxylic acids is 4. The maximum Gasteiger partial charge on any atom is 0.253 e. The molecule has 6 unspecified atom stereocenters. The summed E-state index contributed by atoms with van der Waals surface area (Å²) in [5.41, 5.74) is 2.28. The number of imide groups is 2. The minimum Gasteiger partial charge on any atom is -0.508 e. The van der Waals surface area contributed by atoms with E-state index in [0.29, 0.717) is 30.4 Å². The van der Waals surface area contributed by atoms with Crippen molar-refractivity contribution in [1.82, 2.24) is 14.7 Å². The first-order chi connectivity index (χ1) is 20.6. The molecule has 8 nitrogen and oxygen atoms in total. The number of aromatic hydroxyl groups is 1. The second-order valence-corrected chi connectivity index (χ2v) is 13.8. The van der Waals surface area contributed by atoms with Crippen molar-refractivity contribution in [2.45, 2.75) is 53.9 Å². The molecule has 10 heteroatoms. The number of amides is 4. The Morgan fingerprint density at radius 2 is 1.56 bits per heavy atom. The summed E-state index contributed by atoms with van der Waals surface area (Å²) < 4.78 is 0. The average molecular weight is 623 g/mol. The van der Waals surface area contributed by atoms with Crippen molar-refractivity contribution in [2.75, 3.05) is 20.1 Å². The van der Waals surface area contributed by atoms with Gasteiger partial charge in [-0.25, -0.2) is 0 Å². The van der Waals surface area contributed by atoms with Gasteiger partial charge in [-0.1, -0.05) is 60.2 Å². The van der Waals surface area contributed by atoms with Crippen LogP contribution in [0.15, 0.2) is 66.2 Å². The highest BCUT2D eigenvalue weighted by Gasteiger charge is 2.76. The van der Waals surface area contributed by atoms with Crippen LogP contribution in [0.25, 0.3) is 0 Å². The lowest BCUT2D eigenvalue weighted by atomic mass is 9.56. The van der Waals surface area contributed by atoms with Crippen LogP contribution in [0.5, 0.6) is 5.75 Å². The van der Waals surface area contributed by atoms with E-state index in [1.54, 1.807) is 18.2 Å². The predicted octanol–water partition coefficient (Wildman–Crippen LogP) is 4.05. The van der Waals surface area contributed by atoms with E-state index < -0.39 is 45.2 Å². The smallest absolute Gasteiger partial charge is 0.253 e. The van der Waals surface area contributed by atoms with Crippen molar-refractivity contribution in [3.63, 3.8) is 0 Å². The van der Waals surface area contributed by atoms with Crippen LogP contribution in [-0.4, -0.2) is 79.4 Å². The number of para-hydroxylation sites is 1. The molecule has 0 spiro atoms. The molecule has 4 amide bonds. The highest BCUT2D eigenvalue weighted by Crippen LogP contribution is 2.66. The molecule has 1 saturated carbocycles. The molecular formula is C33H33Cl2N3O5. The zero-order valence-electron chi connectivity index (χ0n) is 23.8. The van der Waals surface area contributed by atoms with Gasteiger partial charge in [-0.3, -0.25) is 33.9 Å². The number of hydrogen-bond donors (Lipinski definition) is 1. The molecule has 43 heavy (non-hydrogen) atoms. The Bertz CT molecular complexity index is 1560. The summed E-state index contributed by atoms with van der Waals surface area (Å²) in [6.07, 6.45) is 3.55. The summed E-state index contributed by atoms with van der Waals surface area (Å²) in [4.78, 5) is 56.4. The topological polar surface area (TPSA) is 98.2 Å².